The summed E-state index contributed by atoms with van der Waals surface area (Å²) in [5, 5.41) is 39.1. The molecule has 0 spiro atoms. The maximum atomic E-state index is 12.0. The van der Waals surface area contributed by atoms with Crippen LogP contribution in [0, 0.1) is 6.92 Å². The molecule has 1 aliphatic heterocycles. The van der Waals surface area contributed by atoms with Crippen LogP contribution in [-0.4, -0.2) is 63.7 Å². The Hall–Kier alpha value is -1.71. The minimum absolute atomic E-state index is 0.163. The molecule has 0 radical (unpaired) electrons. The standard InChI is InChI=1S/C24H38O8/c1-3-4-5-6-7-8-9-10-20(26)30-15-17-11-12-18(16(2)13-17)31-24-23(29)22(28)21(27)19(14-25)32-24/h11-13,19,21-25,27-29H,3-10,14-15H2,1-2H3. The van der Waals surface area contributed by atoms with Crippen LogP contribution in [-0.2, 0) is 20.9 Å². The second-order valence-corrected chi connectivity index (χ2v) is 8.45. The van der Waals surface area contributed by atoms with Crippen LogP contribution in [0.3, 0.4) is 0 Å². The van der Waals surface area contributed by atoms with Crippen molar-refractivity contribution in [3.8, 4) is 5.75 Å². The van der Waals surface area contributed by atoms with E-state index < -0.39 is 37.3 Å². The summed E-state index contributed by atoms with van der Waals surface area (Å²) in [6.45, 7) is 3.63. The molecule has 1 aromatic carbocycles. The fraction of sp³-hybridized carbons (Fsp3) is 0.708. The van der Waals surface area contributed by atoms with E-state index in [2.05, 4.69) is 6.92 Å². The molecule has 8 nitrogen and oxygen atoms in total. The van der Waals surface area contributed by atoms with Gasteiger partial charge in [0, 0.05) is 6.42 Å². The number of ether oxygens (including phenoxy) is 3. The molecule has 4 N–H and O–H groups in total. The van der Waals surface area contributed by atoms with E-state index >= 15 is 0 Å². The molecule has 0 aliphatic carbocycles. The van der Waals surface area contributed by atoms with E-state index in [4.69, 9.17) is 14.2 Å². The van der Waals surface area contributed by atoms with Crippen molar-refractivity contribution in [3.63, 3.8) is 0 Å². The summed E-state index contributed by atoms with van der Waals surface area (Å²) in [5.74, 6) is 0.199. The largest absolute Gasteiger partial charge is 0.462 e. The smallest absolute Gasteiger partial charge is 0.306 e. The number of hydrogen-bond donors (Lipinski definition) is 4. The number of aryl methyl sites for hydroxylation is 1. The van der Waals surface area contributed by atoms with Gasteiger partial charge in [0.15, 0.2) is 0 Å². The van der Waals surface area contributed by atoms with Crippen molar-refractivity contribution in [2.45, 2.75) is 103 Å². The number of carbonyl (C=O) groups is 1. The maximum absolute atomic E-state index is 12.0. The van der Waals surface area contributed by atoms with E-state index in [1.807, 2.05) is 0 Å². The van der Waals surface area contributed by atoms with Gasteiger partial charge in [-0.2, -0.15) is 0 Å². The van der Waals surface area contributed by atoms with Crippen LogP contribution in [0.5, 0.6) is 5.75 Å². The molecule has 32 heavy (non-hydrogen) atoms. The van der Waals surface area contributed by atoms with E-state index in [9.17, 15) is 25.2 Å². The van der Waals surface area contributed by atoms with E-state index in [1.54, 1.807) is 25.1 Å². The number of benzene rings is 1. The van der Waals surface area contributed by atoms with Crippen LogP contribution in [0.1, 0.15) is 69.4 Å². The Bertz CT molecular complexity index is 693. The molecule has 0 amide bonds. The van der Waals surface area contributed by atoms with E-state index in [0.717, 1.165) is 30.4 Å². The summed E-state index contributed by atoms with van der Waals surface area (Å²) in [6.07, 6.45) is 1.76. The summed E-state index contributed by atoms with van der Waals surface area (Å²) >= 11 is 0. The van der Waals surface area contributed by atoms with Crippen LogP contribution in [0.2, 0.25) is 0 Å². The Morgan fingerprint density at radius 1 is 1.00 bits per heavy atom. The lowest BCUT2D eigenvalue weighted by Gasteiger charge is -2.39. The number of carbonyl (C=O) groups excluding carboxylic acids is 1. The average molecular weight is 455 g/mol. The highest BCUT2D eigenvalue weighted by molar-refractivity contribution is 5.69. The van der Waals surface area contributed by atoms with Crippen molar-refractivity contribution in [2.24, 2.45) is 0 Å². The molecule has 1 aromatic rings. The van der Waals surface area contributed by atoms with Crippen molar-refractivity contribution in [1.82, 2.24) is 0 Å². The average Bonchev–Trinajstić information content (AvgIpc) is 2.78. The minimum Gasteiger partial charge on any atom is -0.462 e. The quantitative estimate of drug-likeness (QED) is 0.264. The molecule has 1 aliphatic rings. The van der Waals surface area contributed by atoms with Gasteiger partial charge in [-0.1, -0.05) is 51.5 Å². The van der Waals surface area contributed by atoms with Gasteiger partial charge in [-0.05, 0) is 36.6 Å². The van der Waals surface area contributed by atoms with Gasteiger partial charge in [-0.15, -0.1) is 0 Å². The number of aliphatic hydroxyl groups is 4. The predicted molar refractivity (Wildman–Crippen MR) is 118 cm³/mol. The van der Waals surface area contributed by atoms with Gasteiger partial charge in [0.2, 0.25) is 6.29 Å². The number of aliphatic hydroxyl groups excluding tert-OH is 4. The summed E-state index contributed by atoms with van der Waals surface area (Å²) < 4.78 is 16.4. The van der Waals surface area contributed by atoms with E-state index in [-0.39, 0.29) is 12.6 Å². The molecular formula is C24H38O8. The summed E-state index contributed by atoms with van der Waals surface area (Å²) in [5.41, 5.74) is 1.53. The highest BCUT2D eigenvalue weighted by Crippen LogP contribution is 2.27. The molecule has 1 heterocycles. The van der Waals surface area contributed by atoms with Crippen LogP contribution >= 0.6 is 0 Å². The minimum atomic E-state index is -1.50. The molecule has 0 saturated carbocycles. The van der Waals surface area contributed by atoms with Gasteiger partial charge < -0.3 is 34.6 Å². The van der Waals surface area contributed by atoms with Crippen molar-refractivity contribution in [3.05, 3.63) is 29.3 Å². The zero-order chi connectivity index (χ0) is 23.5. The predicted octanol–water partition coefficient (Wildman–Crippen LogP) is 2.36. The van der Waals surface area contributed by atoms with Crippen molar-refractivity contribution in [2.75, 3.05) is 6.61 Å². The Kier molecular flexibility index (Phi) is 11.4. The number of esters is 1. The molecule has 182 valence electrons. The molecule has 5 unspecified atom stereocenters. The van der Waals surface area contributed by atoms with Gasteiger partial charge in [-0.3, -0.25) is 4.79 Å². The first kappa shape index (κ1) is 26.5. The highest BCUT2D eigenvalue weighted by Gasteiger charge is 2.44. The Balaban J connectivity index is 1.77. The maximum Gasteiger partial charge on any atom is 0.306 e. The molecule has 5 atom stereocenters. The van der Waals surface area contributed by atoms with E-state index in [1.165, 1.54) is 25.7 Å². The van der Waals surface area contributed by atoms with Gasteiger partial charge in [0.25, 0.3) is 0 Å². The van der Waals surface area contributed by atoms with Gasteiger partial charge in [0.1, 0.15) is 36.8 Å². The summed E-state index contributed by atoms with van der Waals surface area (Å²) in [4.78, 5) is 12.0. The Labute approximate surface area is 190 Å². The van der Waals surface area contributed by atoms with Gasteiger partial charge in [0.05, 0.1) is 6.61 Å². The second kappa shape index (κ2) is 13.7. The number of hydrogen-bond acceptors (Lipinski definition) is 8. The summed E-state index contributed by atoms with van der Waals surface area (Å²) in [7, 11) is 0. The lowest BCUT2D eigenvalue weighted by molar-refractivity contribution is -0.277. The molecule has 1 fully saturated rings. The molecule has 0 bridgehead atoms. The molecule has 2 rings (SSSR count). The van der Waals surface area contributed by atoms with Crippen LogP contribution in [0.4, 0.5) is 0 Å². The van der Waals surface area contributed by atoms with Gasteiger partial charge in [-0.25, -0.2) is 0 Å². The van der Waals surface area contributed by atoms with Crippen LogP contribution in [0.25, 0.3) is 0 Å². The van der Waals surface area contributed by atoms with Gasteiger partial charge >= 0.3 is 5.97 Å². The number of rotatable bonds is 13. The normalized spacial score (nSPS) is 25.5. The Morgan fingerprint density at radius 2 is 1.69 bits per heavy atom. The zero-order valence-electron chi connectivity index (χ0n) is 19.1. The van der Waals surface area contributed by atoms with Crippen molar-refractivity contribution >= 4 is 5.97 Å². The second-order valence-electron chi connectivity index (χ2n) is 8.45. The SMILES string of the molecule is CCCCCCCCCC(=O)OCc1ccc(OC2OC(CO)C(O)C(O)C2O)c(C)c1. The topological polar surface area (TPSA) is 126 Å². The zero-order valence-corrected chi connectivity index (χ0v) is 19.1. The number of unbranched alkanes of at least 4 members (excludes halogenated alkanes) is 6. The first-order valence-corrected chi connectivity index (χ1v) is 11.6. The lowest BCUT2D eigenvalue weighted by atomic mass is 9.99. The van der Waals surface area contributed by atoms with E-state index in [0.29, 0.717) is 12.2 Å². The fourth-order valence-electron chi connectivity index (χ4n) is 3.69. The lowest BCUT2D eigenvalue weighted by Crippen LogP contribution is -2.60. The molecule has 0 aromatic heterocycles. The first-order valence-electron chi connectivity index (χ1n) is 11.6. The first-order chi connectivity index (χ1) is 15.4. The van der Waals surface area contributed by atoms with Crippen molar-refractivity contribution < 1.29 is 39.4 Å². The third kappa shape index (κ3) is 8.01. The summed E-state index contributed by atoms with van der Waals surface area (Å²) in [6, 6.07) is 5.21. The molecular weight excluding hydrogens is 416 g/mol. The molecule has 8 heteroatoms. The third-order valence-electron chi connectivity index (χ3n) is 5.72. The highest BCUT2D eigenvalue weighted by atomic mass is 16.7. The third-order valence-corrected chi connectivity index (χ3v) is 5.72. The van der Waals surface area contributed by atoms with Crippen molar-refractivity contribution in [1.29, 1.82) is 0 Å². The van der Waals surface area contributed by atoms with Crippen LogP contribution < -0.4 is 4.74 Å². The monoisotopic (exact) mass is 454 g/mol. The fourth-order valence-corrected chi connectivity index (χ4v) is 3.69. The Morgan fingerprint density at radius 3 is 2.34 bits per heavy atom. The molecule has 1 saturated heterocycles. The van der Waals surface area contributed by atoms with Crippen LogP contribution in [0.15, 0.2) is 18.2 Å².